The average molecular weight is 285 g/mol. The predicted octanol–water partition coefficient (Wildman–Crippen LogP) is 1.94. The van der Waals surface area contributed by atoms with Crippen LogP contribution in [0.3, 0.4) is 0 Å². The summed E-state index contributed by atoms with van der Waals surface area (Å²) in [6.07, 6.45) is 5.20. The lowest BCUT2D eigenvalue weighted by Gasteiger charge is -2.41. The van der Waals surface area contributed by atoms with E-state index in [1.54, 1.807) is 0 Å². The van der Waals surface area contributed by atoms with Crippen molar-refractivity contribution in [2.75, 3.05) is 46.4 Å². The van der Waals surface area contributed by atoms with E-state index >= 15 is 0 Å². The summed E-state index contributed by atoms with van der Waals surface area (Å²) < 4.78 is 5.69. The van der Waals surface area contributed by atoms with Crippen molar-refractivity contribution in [1.29, 1.82) is 0 Å². The Morgan fingerprint density at radius 2 is 2.05 bits per heavy atom. The molecule has 4 heteroatoms. The van der Waals surface area contributed by atoms with Gasteiger partial charge < -0.3 is 15.4 Å². The summed E-state index contributed by atoms with van der Waals surface area (Å²) >= 11 is 0. The number of rotatable bonds is 8. The van der Waals surface area contributed by atoms with Crippen LogP contribution < -0.4 is 5.73 Å². The van der Waals surface area contributed by atoms with Gasteiger partial charge in [0.1, 0.15) is 0 Å². The Kier molecular flexibility index (Phi) is 8.03. The summed E-state index contributed by atoms with van der Waals surface area (Å²) in [5.74, 6) is 0. The summed E-state index contributed by atoms with van der Waals surface area (Å²) in [5.41, 5.74) is 6.33. The van der Waals surface area contributed by atoms with Crippen LogP contribution in [0.1, 0.15) is 46.5 Å². The third-order valence-corrected chi connectivity index (χ3v) is 4.62. The maximum absolute atomic E-state index is 6.16. The maximum atomic E-state index is 6.16. The van der Waals surface area contributed by atoms with Crippen LogP contribution in [0.15, 0.2) is 0 Å². The lowest BCUT2D eigenvalue weighted by atomic mass is 9.89. The van der Waals surface area contributed by atoms with Crippen molar-refractivity contribution in [3.05, 3.63) is 0 Å². The van der Waals surface area contributed by atoms with Crippen LogP contribution in [0.4, 0.5) is 0 Å². The third kappa shape index (κ3) is 5.32. The maximum Gasteiger partial charge on any atom is 0.0597 e. The molecule has 1 aliphatic heterocycles. The molecule has 0 saturated carbocycles. The summed E-state index contributed by atoms with van der Waals surface area (Å²) in [5, 5.41) is 0. The third-order valence-electron chi connectivity index (χ3n) is 4.62. The van der Waals surface area contributed by atoms with Gasteiger partial charge in [-0.1, -0.05) is 6.92 Å². The predicted molar refractivity (Wildman–Crippen MR) is 86.1 cm³/mol. The van der Waals surface area contributed by atoms with Gasteiger partial charge in [-0.2, -0.15) is 0 Å². The van der Waals surface area contributed by atoms with Crippen molar-refractivity contribution >= 4 is 0 Å². The molecule has 4 nitrogen and oxygen atoms in total. The molecule has 0 aliphatic carbocycles. The van der Waals surface area contributed by atoms with Gasteiger partial charge in [-0.25, -0.2) is 0 Å². The first-order chi connectivity index (χ1) is 9.54. The van der Waals surface area contributed by atoms with Crippen LogP contribution in [0.2, 0.25) is 0 Å². The van der Waals surface area contributed by atoms with Gasteiger partial charge in [0.2, 0.25) is 0 Å². The van der Waals surface area contributed by atoms with Crippen molar-refractivity contribution in [2.24, 2.45) is 5.73 Å². The molecule has 0 radical (unpaired) electrons. The molecule has 0 amide bonds. The van der Waals surface area contributed by atoms with Gasteiger partial charge in [-0.3, -0.25) is 4.90 Å². The van der Waals surface area contributed by atoms with Crippen LogP contribution in [-0.2, 0) is 4.74 Å². The molecule has 2 N–H and O–H groups in total. The SMILES string of the molecule is CCCN1CCCC(CN)(N(C)CCOC(C)C)CC1. The molecule has 20 heavy (non-hydrogen) atoms. The number of likely N-dealkylation sites (N-methyl/N-ethyl adjacent to an activating group) is 1. The van der Waals surface area contributed by atoms with Crippen LogP contribution in [-0.4, -0.2) is 67.8 Å². The second-order valence-electron chi connectivity index (χ2n) is 6.46. The lowest BCUT2D eigenvalue weighted by molar-refractivity contribution is 0.0298. The van der Waals surface area contributed by atoms with Crippen LogP contribution >= 0.6 is 0 Å². The molecule has 0 bridgehead atoms. The van der Waals surface area contributed by atoms with Crippen molar-refractivity contribution < 1.29 is 4.74 Å². The molecular weight excluding hydrogens is 250 g/mol. The number of likely N-dealkylation sites (tertiary alicyclic amines) is 1. The Labute approximate surface area is 125 Å². The molecule has 1 fully saturated rings. The molecular formula is C16H35N3O. The molecule has 1 unspecified atom stereocenters. The minimum atomic E-state index is 0.169. The van der Waals surface area contributed by atoms with E-state index in [2.05, 4.69) is 37.6 Å². The van der Waals surface area contributed by atoms with Gasteiger partial charge in [0, 0.05) is 18.6 Å². The molecule has 1 heterocycles. The second-order valence-corrected chi connectivity index (χ2v) is 6.46. The quantitative estimate of drug-likeness (QED) is 0.740. The first-order valence-electron chi connectivity index (χ1n) is 8.29. The number of ether oxygens (including phenoxy) is 1. The average Bonchev–Trinajstić information content (AvgIpc) is 2.62. The smallest absolute Gasteiger partial charge is 0.0597 e. The zero-order valence-corrected chi connectivity index (χ0v) is 14.0. The Morgan fingerprint density at radius 3 is 2.65 bits per heavy atom. The van der Waals surface area contributed by atoms with Crippen molar-refractivity contribution in [1.82, 2.24) is 9.80 Å². The van der Waals surface area contributed by atoms with Gasteiger partial charge >= 0.3 is 0 Å². The van der Waals surface area contributed by atoms with Crippen LogP contribution in [0.25, 0.3) is 0 Å². The molecule has 1 atom stereocenters. The Morgan fingerprint density at radius 1 is 1.30 bits per heavy atom. The number of nitrogens with zero attached hydrogens (tertiary/aromatic N) is 2. The van der Waals surface area contributed by atoms with Crippen LogP contribution in [0.5, 0.6) is 0 Å². The fourth-order valence-corrected chi connectivity index (χ4v) is 3.18. The summed E-state index contributed by atoms with van der Waals surface area (Å²) in [4.78, 5) is 5.04. The molecule has 1 aliphatic rings. The minimum absolute atomic E-state index is 0.169. The summed E-state index contributed by atoms with van der Waals surface area (Å²) in [6.45, 7) is 12.6. The van der Waals surface area contributed by atoms with E-state index in [1.165, 1.54) is 45.3 Å². The Bertz CT molecular complexity index is 260. The molecule has 0 aromatic rings. The van der Waals surface area contributed by atoms with Crippen molar-refractivity contribution in [3.63, 3.8) is 0 Å². The minimum Gasteiger partial charge on any atom is -0.377 e. The fraction of sp³-hybridized carbons (Fsp3) is 1.00. The second kappa shape index (κ2) is 8.98. The van der Waals surface area contributed by atoms with Gasteiger partial charge in [0.25, 0.3) is 0 Å². The Balaban J connectivity index is 2.52. The van der Waals surface area contributed by atoms with E-state index in [4.69, 9.17) is 10.5 Å². The highest BCUT2D eigenvalue weighted by Gasteiger charge is 2.34. The van der Waals surface area contributed by atoms with Crippen LogP contribution in [0, 0.1) is 0 Å². The summed E-state index contributed by atoms with van der Waals surface area (Å²) in [6, 6.07) is 0. The molecule has 1 rings (SSSR count). The fourth-order valence-electron chi connectivity index (χ4n) is 3.18. The van der Waals surface area contributed by atoms with Crippen molar-refractivity contribution in [2.45, 2.75) is 58.1 Å². The van der Waals surface area contributed by atoms with E-state index in [0.717, 1.165) is 19.7 Å². The van der Waals surface area contributed by atoms with E-state index in [-0.39, 0.29) is 5.54 Å². The molecule has 0 aromatic heterocycles. The standard InChI is InChI=1S/C16H35N3O/c1-5-9-19-10-6-7-16(14-17,8-11-19)18(4)12-13-20-15(2)3/h15H,5-14,17H2,1-4H3. The molecule has 0 spiro atoms. The highest BCUT2D eigenvalue weighted by atomic mass is 16.5. The highest BCUT2D eigenvalue weighted by Crippen LogP contribution is 2.27. The number of nitrogens with two attached hydrogens (primary N) is 1. The molecule has 120 valence electrons. The van der Waals surface area contributed by atoms with E-state index in [1.807, 2.05) is 0 Å². The lowest BCUT2D eigenvalue weighted by Crippen LogP contribution is -2.53. The van der Waals surface area contributed by atoms with Gasteiger partial charge in [0.15, 0.2) is 0 Å². The van der Waals surface area contributed by atoms with Gasteiger partial charge in [-0.05, 0) is 66.2 Å². The monoisotopic (exact) mass is 285 g/mol. The Hall–Kier alpha value is -0.160. The summed E-state index contributed by atoms with van der Waals surface area (Å²) in [7, 11) is 2.21. The number of hydrogen-bond acceptors (Lipinski definition) is 4. The normalized spacial score (nSPS) is 25.4. The highest BCUT2D eigenvalue weighted by molar-refractivity contribution is 4.93. The zero-order valence-electron chi connectivity index (χ0n) is 14.0. The zero-order chi connectivity index (χ0) is 15.0. The van der Waals surface area contributed by atoms with Gasteiger partial charge in [-0.15, -0.1) is 0 Å². The molecule has 0 aromatic carbocycles. The van der Waals surface area contributed by atoms with E-state index in [9.17, 15) is 0 Å². The largest absolute Gasteiger partial charge is 0.377 e. The molecule has 1 saturated heterocycles. The van der Waals surface area contributed by atoms with Gasteiger partial charge in [0.05, 0.1) is 12.7 Å². The number of hydrogen-bond donors (Lipinski definition) is 1. The first kappa shape index (κ1) is 17.9. The topological polar surface area (TPSA) is 41.7 Å². The van der Waals surface area contributed by atoms with E-state index in [0.29, 0.717) is 6.10 Å². The van der Waals surface area contributed by atoms with Crippen molar-refractivity contribution in [3.8, 4) is 0 Å². The van der Waals surface area contributed by atoms with E-state index < -0.39 is 0 Å². The first-order valence-corrected chi connectivity index (χ1v) is 8.29.